The Morgan fingerprint density at radius 1 is 1.17 bits per heavy atom. The maximum atomic E-state index is 13.0. The van der Waals surface area contributed by atoms with Gasteiger partial charge in [-0.3, -0.25) is 4.79 Å². The van der Waals surface area contributed by atoms with Crippen LogP contribution in [0.25, 0.3) is 17.0 Å². The highest BCUT2D eigenvalue weighted by molar-refractivity contribution is 7.98. The van der Waals surface area contributed by atoms with Crippen LogP contribution < -0.4 is 11.0 Å². The number of thioether (sulfide) groups is 1. The van der Waals surface area contributed by atoms with E-state index in [0.29, 0.717) is 33.4 Å². The molecule has 2 aromatic carbocycles. The lowest BCUT2D eigenvalue weighted by Crippen LogP contribution is -2.28. The van der Waals surface area contributed by atoms with Crippen molar-refractivity contribution in [2.45, 2.75) is 18.4 Å². The Balaban J connectivity index is 1.69. The minimum atomic E-state index is -0.444. The van der Waals surface area contributed by atoms with Crippen LogP contribution in [-0.2, 0) is 11.3 Å². The van der Waals surface area contributed by atoms with Gasteiger partial charge in [-0.15, -0.1) is 16.9 Å². The quantitative estimate of drug-likeness (QED) is 0.477. The van der Waals surface area contributed by atoms with Gasteiger partial charge in [0, 0.05) is 32.9 Å². The summed E-state index contributed by atoms with van der Waals surface area (Å²) < 4.78 is 2.53. The molecular formula is C21H18ClN5O2S. The molecule has 0 unspecified atom stereocenters. The number of aryl methyl sites for hydroxylation is 1. The number of hydrogen-bond acceptors (Lipinski definition) is 5. The Morgan fingerprint density at radius 2 is 1.97 bits per heavy atom. The van der Waals surface area contributed by atoms with Crippen LogP contribution in [0.5, 0.6) is 0 Å². The number of anilines is 1. The summed E-state index contributed by atoms with van der Waals surface area (Å²) in [6.07, 6.45) is 1.96. The van der Waals surface area contributed by atoms with E-state index in [-0.39, 0.29) is 12.5 Å². The van der Waals surface area contributed by atoms with E-state index in [1.54, 1.807) is 42.1 Å². The highest BCUT2D eigenvalue weighted by atomic mass is 35.5. The molecule has 0 saturated carbocycles. The first-order valence-electron chi connectivity index (χ1n) is 9.11. The maximum absolute atomic E-state index is 13.0. The number of halogens is 1. The van der Waals surface area contributed by atoms with Crippen molar-refractivity contribution in [2.75, 3.05) is 11.6 Å². The first-order valence-corrected chi connectivity index (χ1v) is 10.7. The van der Waals surface area contributed by atoms with Crippen molar-refractivity contribution in [2.24, 2.45) is 0 Å². The van der Waals surface area contributed by atoms with Gasteiger partial charge in [-0.25, -0.2) is 18.9 Å². The van der Waals surface area contributed by atoms with E-state index in [4.69, 9.17) is 11.6 Å². The largest absolute Gasteiger partial charge is 0.352 e. The van der Waals surface area contributed by atoms with E-state index in [1.807, 2.05) is 37.4 Å². The fourth-order valence-corrected chi connectivity index (χ4v) is 3.76. The summed E-state index contributed by atoms with van der Waals surface area (Å²) in [6, 6.07) is 16.3. The average molecular weight is 440 g/mol. The van der Waals surface area contributed by atoms with Gasteiger partial charge < -0.3 is 5.32 Å². The zero-order valence-corrected chi connectivity index (χ0v) is 17.9. The van der Waals surface area contributed by atoms with Crippen LogP contribution in [0.1, 0.15) is 5.69 Å². The van der Waals surface area contributed by atoms with Gasteiger partial charge >= 0.3 is 5.69 Å². The monoisotopic (exact) mass is 439 g/mol. The van der Waals surface area contributed by atoms with Crippen molar-refractivity contribution in [3.8, 4) is 11.4 Å². The Hall–Kier alpha value is -3.10. The molecule has 4 rings (SSSR count). The molecule has 0 saturated heterocycles. The molecule has 0 spiro atoms. The van der Waals surface area contributed by atoms with Crippen molar-refractivity contribution in [1.82, 2.24) is 19.2 Å². The smallest absolute Gasteiger partial charge is 0.324 e. The van der Waals surface area contributed by atoms with Crippen LogP contribution in [0.3, 0.4) is 0 Å². The third-order valence-corrected chi connectivity index (χ3v) is 5.39. The summed E-state index contributed by atoms with van der Waals surface area (Å²) in [4.78, 5) is 31.1. The number of benzene rings is 2. The van der Waals surface area contributed by atoms with Crippen molar-refractivity contribution >= 4 is 40.6 Å². The molecule has 1 N–H and O–H groups in total. The van der Waals surface area contributed by atoms with Crippen LogP contribution in [0.2, 0.25) is 5.02 Å². The molecule has 4 aromatic rings. The second-order valence-electron chi connectivity index (χ2n) is 6.65. The number of nitrogens with one attached hydrogen (secondary N) is 1. The fourth-order valence-electron chi connectivity index (χ4n) is 3.11. The van der Waals surface area contributed by atoms with Gasteiger partial charge in [0.25, 0.3) is 0 Å². The van der Waals surface area contributed by atoms with Crippen LogP contribution in [-0.4, -0.2) is 31.3 Å². The number of rotatable bonds is 5. The predicted molar refractivity (Wildman–Crippen MR) is 119 cm³/mol. The van der Waals surface area contributed by atoms with Gasteiger partial charge in [-0.2, -0.15) is 0 Å². The fraction of sp³-hybridized carbons (Fsp3) is 0.143. The minimum absolute atomic E-state index is 0.210. The molecule has 0 bridgehead atoms. The lowest BCUT2D eigenvalue weighted by Gasteiger charge is -2.06. The number of aromatic nitrogens is 4. The Labute approximate surface area is 181 Å². The van der Waals surface area contributed by atoms with E-state index in [1.165, 1.54) is 4.40 Å². The second-order valence-corrected chi connectivity index (χ2v) is 7.96. The van der Waals surface area contributed by atoms with Crippen LogP contribution in [0.15, 0.2) is 64.3 Å². The van der Waals surface area contributed by atoms with Gasteiger partial charge in [0.1, 0.15) is 12.4 Å². The highest BCUT2D eigenvalue weighted by Crippen LogP contribution is 2.22. The summed E-state index contributed by atoms with van der Waals surface area (Å²) >= 11 is 7.69. The van der Waals surface area contributed by atoms with Crippen LogP contribution in [0.4, 0.5) is 5.69 Å². The van der Waals surface area contributed by atoms with E-state index < -0.39 is 5.69 Å². The zero-order valence-electron chi connectivity index (χ0n) is 16.3. The number of carbonyl (C=O) groups excluding carboxylic acids is 1. The summed E-state index contributed by atoms with van der Waals surface area (Å²) in [5, 5.41) is 7.67. The van der Waals surface area contributed by atoms with Crippen molar-refractivity contribution in [3.05, 3.63) is 75.8 Å². The Bertz CT molecular complexity index is 1310. The van der Waals surface area contributed by atoms with Gasteiger partial charge in [0.05, 0.1) is 0 Å². The Morgan fingerprint density at radius 3 is 2.73 bits per heavy atom. The standard InChI is InChI=1S/C21H18ClN5O2S/c1-13-9-18-25-26(12-19(28)24-16-7-4-8-17(11-16)30-2)21(29)27(18)20(23-13)14-5-3-6-15(22)10-14/h3-11H,12H2,1-2H3,(H,24,28). The molecule has 0 fully saturated rings. The third kappa shape index (κ3) is 4.10. The van der Waals surface area contributed by atoms with Crippen molar-refractivity contribution < 1.29 is 4.79 Å². The van der Waals surface area contributed by atoms with E-state index in [0.717, 1.165) is 9.58 Å². The van der Waals surface area contributed by atoms with Crippen LogP contribution in [0, 0.1) is 6.92 Å². The molecule has 2 heterocycles. The first kappa shape index (κ1) is 20.2. The van der Waals surface area contributed by atoms with Crippen LogP contribution >= 0.6 is 23.4 Å². The molecule has 2 aromatic heterocycles. The lowest BCUT2D eigenvalue weighted by molar-refractivity contribution is -0.117. The summed E-state index contributed by atoms with van der Waals surface area (Å²) in [6.45, 7) is 1.61. The zero-order chi connectivity index (χ0) is 21.3. The predicted octanol–water partition coefficient (Wildman–Crippen LogP) is 3.88. The number of nitrogens with zero attached hydrogens (tertiary/aromatic N) is 4. The molecule has 0 radical (unpaired) electrons. The molecule has 1 amide bonds. The molecular weight excluding hydrogens is 422 g/mol. The summed E-state index contributed by atoms with van der Waals surface area (Å²) in [5.41, 5.74) is 2.03. The SMILES string of the molecule is CSc1cccc(NC(=O)Cn2nc3cc(C)nc(-c4cccc(Cl)c4)n3c2=O)c1. The van der Waals surface area contributed by atoms with Crippen molar-refractivity contribution in [1.29, 1.82) is 0 Å². The first-order chi connectivity index (χ1) is 14.4. The molecule has 0 atom stereocenters. The average Bonchev–Trinajstić information content (AvgIpc) is 3.02. The van der Waals surface area contributed by atoms with Crippen molar-refractivity contribution in [3.63, 3.8) is 0 Å². The minimum Gasteiger partial charge on any atom is -0.324 e. The lowest BCUT2D eigenvalue weighted by atomic mass is 10.2. The molecule has 9 heteroatoms. The summed E-state index contributed by atoms with van der Waals surface area (Å²) in [7, 11) is 0. The third-order valence-electron chi connectivity index (χ3n) is 4.43. The number of amides is 1. The number of hydrogen-bond donors (Lipinski definition) is 1. The normalized spacial score (nSPS) is 11.0. The molecule has 0 aliphatic rings. The van der Waals surface area contributed by atoms with Gasteiger partial charge in [-0.1, -0.05) is 29.8 Å². The maximum Gasteiger partial charge on any atom is 0.352 e. The topological polar surface area (TPSA) is 81.3 Å². The van der Waals surface area contributed by atoms with E-state index in [9.17, 15) is 9.59 Å². The molecule has 7 nitrogen and oxygen atoms in total. The second kappa shape index (κ2) is 8.33. The van der Waals surface area contributed by atoms with E-state index >= 15 is 0 Å². The molecule has 0 aliphatic heterocycles. The van der Waals surface area contributed by atoms with Gasteiger partial charge in [0.15, 0.2) is 5.65 Å². The summed E-state index contributed by atoms with van der Waals surface area (Å²) in [5.74, 6) is 0.0876. The van der Waals surface area contributed by atoms with Gasteiger partial charge in [0.2, 0.25) is 5.91 Å². The van der Waals surface area contributed by atoms with Gasteiger partial charge in [-0.05, 0) is 43.5 Å². The van der Waals surface area contributed by atoms with E-state index in [2.05, 4.69) is 15.4 Å². The molecule has 152 valence electrons. The number of carbonyl (C=O) groups is 1. The highest BCUT2D eigenvalue weighted by Gasteiger charge is 2.16. The molecule has 0 aliphatic carbocycles. The molecule has 30 heavy (non-hydrogen) atoms. The Kier molecular flexibility index (Phi) is 5.61. The number of fused-ring (bicyclic) bond motifs is 1.